The van der Waals surface area contributed by atoms with Crippen LogP contribution in [0.5, 0.6) is 0 Å². The van der Waals surface area contributed by atoms with Crippen LogP contribution in [0.4, 0.5) is 0 Å². The van der Waals surface area contributed by atoms with Crippen LogP contribution >= 0.6 is 0 Å². The van der Waals surface area contributed by atoms with Crippen molar-refractivity contribution in [2.24, 2.45) is 0 Å². The molecule has 86 valence electrons. The minimum atomic E-state index is -0.604. The summed E-state index contributed by atoms with van der Waals surface area (Å²) in [6.45, 7) is 3.10. The molecule has 2 aliphatic rings. The minimum Gasteiger partial charge on any atom is -0.495 e. The van der Waals surface area contributed by atoms with Gasteiger partial charge in [-0.1, -0.05) is 0 Å². The molecule has 2 aliphatic heterocycles. The lowest BCUT2D eigenvalue weighted by Crippen LogP contribution is -2.47. The maximum atomic E-state index is 10.1. The molecule has 0 aliphatic carbocycles. The highest BCUT2D eigenvalue weighted by molar-refractivity contribution is 5.05. The summed E-state index contributed by atoms with van der Waals surface area (Å²) in [4.78, 5) is 2.17. The highest BCUT2D eigenvalue weighted by Gasteiger charge is 2.29. The molecule has 0 aromatic carbocycles. The van der Waals surface area contributed by atoms with E-state index in [0.29, 0.717) is 19.0 Å². The zero-order chi connectivity index (χ0) is 10.7. The van der Waals surface area contributed by atoms with Crippen molar-refractivity contribution in [3.05, 3.63) is 11.8 Å². The monoisotopic (exact) mass is 213 g/mol. The summed E-state index contributed by atoms with van der Waals surface area (Å²) in [7, 11) is 2.04. The molecule has 0 amide bonds. The molecule has 0 aromatic rings. The smallest absolute Gasteiger partial charge is 0.138 e. The molecular formula is C11H19NO3. The molecule has 2 rings (SSSR count). The maximum absolute atomic E-state index is 10.1. The predicted octanol–water partition coefficient (Wildman–Crippen LogP) is 0.372. The molecule has 1 N–H and O–H groups in total. The molecule has 4 heteroatoms. The molecule has 0 radical (unpaired) electrons. The van der Waals surface area contributed by atoms with Crippen LogP contribution in [0.1, 0.15) is 12.8 Å². The van der Waals surface area contributed by atoms with Gasteiger partial charge in [0.15, 0.2) is 0 Å². The third kappa shape index (κ3) is 2.71. The van der Waals surface area contributed by atoms with E-state index in [9.17, 15) is 5.11 Å². The van der Waals surface area contributed by atoms with Gasteiger partial charge in [0.25, 0.3) is 0 Å². The molecule has 0 saturated carbocycles. The van der Waals surface area contributed by atoms with Crippen LogP contribution in [0, 0.1) is 0 Å². The van der Waals surface area contributed by atoms with Crippen molar-refractivity contribution < 1.29 is 14.6 Å². The summed E-state index contributed by atoms with van der Waals surface area (Å²) >= 11 is 0. The molecule has 2 heterocycles. The van der Waals surface area contributed by atoms with Crippen molar-refractivity contribution in [1.29, 1.82) is 0 Å². The number of likely N-dealkylation sites (N-methyl/N-ethyl adjacent to an activating group) is 1. The first-order valence-electron chi connectivity index (χ1n) is 5.58. The van der Waals surface area contributed by atoms with Crippen LogP contribution in [0.15, 0.2) is 11.8 Å². The van der Waals surface area contributed by atoms with E-state index in [4.69, 9.17) is 9.47 Å². The average molecular weight is 213 g/mol. The number of aliphatic hydroxyl groups is 1. The first-order valence-corrected chi connectivity index (χ1v) is 5.58. The number of aliphatic hydroxyl groups excluding tert-OH is 1. The fraction of sp³-hybridized carbons (Fsp3) is 0.818. The summed E-state index contributed by atoms with van der Waals surface area (Å²) in [5.41, 5.74) is 0. The highest BCUT2D eigenvalue weighted by Crippen LogP contribution is 2.19. The second-order valence-corrected chi connectivity index (χ2v) is 4.21. The summed E-state index contributed by atoms with van der Waals surface area (Å²) in [6, 6.07) is 0. The number of hydrogen-bond acceptors (Lipinski definition) is 4. The van der Waals surface area contributed by atoms with Crippen molar-refractivity contribution >= 4 is 0 Å². The van der Waals surface area contributed by atoms with Gasteiger partial charge in [-0.15, -0.1) is 0 Å². The molecule has 1 fully saturated rings. The minimum absolute atomic E-state index is 0.145. The van der Waals surface area contributed by atoms with Gasteiger partial charge < -0.3 is 19.5 Å². The molecule has 2 unspecified atom stereocenters. The van der Waals surface area contributed by atoms with E-state index in [2.05, 4.69) is 4.90 Å². The normalized spacial score (nSPS) is 30.5. The number of morpholine rings is 1. The molecule has 15 heavy (non-hydrogen) atoms. The molecule has 4 nitrogen and oxygen atoms in total. The molecule has 1 saturated heterocycles. The number of allylic oxidation sites excluding steroid dienone is 1. The second kappa shape index (κ2) is 4.96. The second-order valence-electron chi connectivity index (χ2n) is 4.21. The molecular weight excluding hydrogens is 194 g/mol. The highest BCUT2D eigenvalue weighted by atomic mass is 16.5. The Morgan fingerprint density at radius 1 is 1.53 bits per heavy atom. The lowest BCUT2D eigenvalue weighted by molar-refractivity contribution is -0.0866. The lowest BCUT2D eigenvalue weighted by Gasteiger charge is -2.34. The van der Waals surface area contributed by atoms with Gasteiger partial charge in [-0.05, 0) is 26.0 Å². The van der Waals surface area contributed by atoms with Crippen LogP contribution in [0.2, 0.25) is 0 Å². The summed E-state index contributed by atoms with van der Waals surface area (Å²) in [6.07, 6.45) is 3.27. The fourth-order valence-electron chi connectivity index (χ4n) is 1.97. The van der Waals surface area contributed by atoms with Crippen molar-refractivity contribution in [2.45, 2.75) is 25.0 Å². The van der Waals surface area contributed by atoms with Crippen molar-refractivity contribution in [2.75, 3.05) is 33.4 Å². The number of ether oxygens (including phenoxy) is 2. The van der Waals surface area contributed by atoms with E-state index in [-0.39, 0.29) is 6.10 Å². The lowest BCUT2D eigenvalue weighted by atomic mass is 10.1. The third-order valence-electron chi connectivity index (χ3n) is 2.90. The summed E-state index contributed by atoms with van der Waals surface area (Å²) in [5, 5.41) is 10.1. The van der Waals surface area contributed by atoms with Gasteiger partial charge in [0.05, 0.1) is 13.2 Å². The number of hydrogen-bond donors (Lipinski definition) is 1. The first kappa shape index (κ1) is 10.9. The van der Waals surface area contributed by atoms with Gasteiger partial charge in [-0.25, -0.2) is 0 Å². The number of nitrogens with zero attached hydrogens (tertiary/aromatic N) is 1. The van der Waals surface area contributed by atoms with Crippen LogP contribution in [0.25, 0.3) is 0 Å². The van der Waals surface area contributed by atoms with Gasteiger partial charge in [0.1, 0.15) is 18.0 Å². The number of rotatable bonds is 2. The Morgan fingerprint density at radius 3 is 3.07 bits per heavy atom. The SMILES string of the molecule is CN1CCOC(C(O)C2=CCCCO2)C1. The molecule has 2 atom stereocenters. The Morgan fingerprint density at radius 2 is 2.40 bits per heavy atom. The van der Waals surface area contributed by atoms with Gasteiger partial charge in [0.2, 0.25) is 0 Å². The van der Waals surface area contributed by atoms with Gasteiger partial charge >= 0.3 is 0 Å². The zero-order valence-corrected chi connectivity index (χ0v) is 9.19. The molecule has 0 spiro atoms. The Kier molecular flexibility index (Phi) is 3.61. The molecule has 0 bridgehead atoms. The Balaban J connectivity index is 1.93. The van der Waals surface area contributed by atoms with Crippen molar-refractivity contribution in [3.8, 4) is 0 Å². The van der Waals surface area contributed by atoms with E-state index in [0.717, 1.165) is 25.9 Å². The van der Waals surface area contributed by atoms with Crippen LogP contribution in [-0.4, -0.2) is 55.6 Å². The third-order valence-corrected chi connectivity index (χ3v) is 2.90. The zero-order valence-electron chi connectivity index (χ0n) is 9.19. The van der Waals surface area contributed by atoms with Gasteiger partial charge in [-0.3, -0.25) is 0 Å². The molecule has 0 aromatic heterocycles. The van der Waals surface area contributed by atoms with Crippen molar-refractivity contribution in [3.63, 3.8) is 0 Å². The van der Waals surface area contributed by atoms with E-state index in [1.807, 2.05) is 13.1 Å². The Labute approximate surface area is 90.5 Å². The quantitative estimate of drug-likeness (QED) is 0.719. The Hall–Kier alpha value is -0.580. The van der Waals surface area contributed by atoms with E-state index in [1.54, 1.807) is 0 Å². The van der Waals surface area contributed by atoms with Crippen LogP contribution < -0.4 is 0 Å². The first-order chi connectivity index (χ1) is 7.27. The predicted molar refractivity (Wildman–Crippen MR) is 56.5 cm³/mol. The van der Waals surface area contributed by atoms with E-state index in [1.165, 1.54) is 0 Å². The topological polar surface area (TPSA) is 41.9 Å². The average Bonchev–Trinajstić information content (AvgIpc) is 2.29. The fourth-order valence-corrected chi connectivity index (χ4v) is 1.97. The maximum Gasteiger partial charge on any atom is 0.138 e. The van der Waals surface area contributed by atoms with Crippen LogP contribution in [0.3, 0.4) is 0 Å². The Bertz CT molecular complexity index is 242. The van der Waals surface area contributed by atoms with Crippen molar-refractivity contribution in [1.82, 2.24) is 4.90 Å². The van der Waals surface area contributed by atoms with Gasteiger partial charge in [0, 0.05) is 13.1 Å². The summed E-state index contributed by atoms with van der Waals surface area (Å²) < 4.78 is 11.0. The standard InChI is InChI=1S/C11H19NO3/c1-12-5-7-15-10(8-12)11(13)9-4-2-3-6-14-9/h4,10-11,13H,2-3,5-8H2,1H3. The van der Waals surface area contributed by atoms with Crippen LogP contribution in [-0.2, 0) is 9.47 Å². The van der Waals surface area contributed by atoms with E-state index < -0.39 is 6.10 Å². The van der Waals surface area contributed by atoms with Gasteiger partial charge in [-0.2, -0.15) is 0 Å². The van der Waals surface area contributed by atoms with E-state index >= 15 is 0 Å². The summed E-state index contributed by atoms with van der Waals surface area (Å²) in [5.74, 6) is 0.696. The largest absolute Gasteiger partial charge is 0.495 e.